The lowest BCUT2D eigenvalue weighted by Crippen LogP contribution is -2.55. The summed E-state index contributed by atoms with van der Waals surface area (Å²) in [7, 11) is 0. The monoisotopic (exact) mass is 313 g/mol. The maximum atomic E-state index is 12.4. The Kier molecular flexibility index (Phi) is 3.56. The van der Waals surface area contributed by atoms with Crippen LogP contribution in [0.2, 0.25) is 0 Å². The first-order chi connectivity index (χ1) is 10.4. The molecule has 1 unspecified atom stereocenters. The maximum absolute atomic E-state index is 12.4. The smallest absolute Gasteiger partial charge is 0.332 e. The molecule has 2 aliphatic rings. The van der Waals surface area contributed by atoms with Crippen LogP contribution < -0.4 is 0 Å². The van der Waals surface area contributed by atoms with Gasteiger partial charge in [-0.3, -0.25) is 14.4 Å². The summed E-state index contributed by atoms with van der Waals surface area (Å²) in [5.41, 5.74) is 0.465. The Morgan fingerprint density at radius 3 is 2.73 bits per heavy atom. The molecule has 6 nitrogen and oxygen atoms in total. The van der Waals surface area contributed by atoms with Gasteiger partial charge in [0.2, 0.25) is 5.91 Å². The van der Waals surface area contributed by atoms with E-state index in [1.807, 2.05) is 11.0 Å². The predicted octanol–water partition coefficient (Wildman–Crippen LogP) is 0.775. The van der Waals surface area contributed by atoms with Crippen LogP contribution in [0.25, 0.3) is 0 Å². The zero-order valence-electron chi connectivity index (χ0n) is 11.6. The predicted molar refractivity (Wildman–Crippen MR) is 68.6 cm³/mol. The van der Waals surface area contributed by atoms with Crippen molar-refractivity contribution < 1.29 is 18.0 Å². The Hall–Kier alpha value is -2.08. The van der Waals surface area contributed by atoms with E-state index in [1.165, 1.54) is 6.20 Å². The minimum absolute atomic E-state index is 0.0616. The highest BCUT2D eigenvalue weighted by molar-refractivity contribution is 5.84. The number of halogens is 3. The number of nitriles is 1. The number of carbonyl (C=O) groups excluding carboxylic acids is 1. The van der Waals surface area contributed by atoms with E-state index >= 15 is 0 Å². The van der Waals surface area contributed by atoms with Crippen LogP contribution in [0.4, 0.5) is 13.2 Å². The minimum atomic E-state index is -4.36. The molecule has 0 spiro atoms. The summed E-state index contributed by atoms with van der Waals surface area (Å²) in [6.45, 7) is 0.0838. The first-order valence-electron chi connectivity index (χ1n) is 6.91. The largest absolute Gasteiger partial charge is 0.406 e. The van der Waals surface area contributed by atoms with Crippen molar-refractivity contribution in [1.82, 2.24) is 19.6 Å². The second kappa shape index (κ2) is 5.28. The molecule has 0 radical (unpaired) electrons. The van der Waals surface area contributed by atoms with Gasteiger partial charge >= 0.3 is 6.18 Å². The molecule has 1 atom stereocenters. The average molecular weight is 313 g/mol. The molecule has 0 aromatic carbocycles. The van der Waals surface area contributed by atoms with Gasteiger partial charge < -0.3 is 4.90 Å². The molecular formula is C13H14F3N5O. The van der Waals surface area contributed by atoms with E-state index in [0.717, 1.165) is 4.90 Å². The van der Waals surface area contributed by atoms with E-state index in [4.69, 9.17) is 5.26 Å². The van der Waals surface area contributed by atoms with Gasteiger partial charge in [-0.25, -0.2) is 0 Å². The number of amides is 1. The Balaban J connectivity index is 1.55. The van der Waals surface area contributed by atoms with Gasteiger partial charge in [0.05, 0.1) is 23.8 Å². The van der Waals surface area contributed by atoms with Gasteiger partial charge in [-0.2, -0.15) is 23.5 Å². The standard InChI is InChI=1S/C13H14F3N5O/c14-13(15,16)8-19-2-1-11(12(19)22)20-6-10(7-20)21-5-9(3-17)4-18-21/h4-5,10-11H,1-2,6-8H2. The fourth-order valence-corrected chi connectivity index (χ4v) is 2.94. The van der Waals surface area contributed by atoms with Gasteiger partial charge in [0.25, 0.3) is 0 Å². The zero-order chi connectivity index (χ0) is 15.9. The summed E-state index contributed by atoms with van der Waals surface area (Å²) in [4.78, 5) is 14.8. The molecule has 118 valence electrons. The van der Waals surface area contributed by atoms with Crippen molar-refractivity contribution in [2.24, 2.45) is 0 Å². The van der Waals surface area contributed by atoms with E-state index in [9.17, 15) is 18.0 Å². The van der Waals surface area contributed by atoms with Crippen LogP contribution in [-0.2, 0) is 4.79 Å². The normalized spacial score (nSPS) is 23.6. The number of nitrogens with zero attached hydrogens (tertiary/aromatic N) is 5. The van der Waals surface area contributed by atoms with Crippen LogP contribution in [0.5, 0.6) is 0 Å². The highest BCUT2D eigenvalue weighted by Gasteiger charge is 2.45. The Morgan fingerprint density at radius 1 is 1.41 bits per heavy atom. The average Bonchev–Trinajstić information content (AvgIpc) is 2.97. The number of hydrogen-bond donors (Lipinski definition) is 0. The van der Waals surface area contributed by atoms with Crippen LogP contribution >= 0.6 is 0 Å². The number of hydrogen-bond acceptors (Lipinski definition) is 4. The van der Waals surface area contributed by atoms with Crippen molar-refractivity contribution in [3.05, 3.63) is 18.0 Å². The lowest BCUT2D eigenvalue weighted by molar-refractivity contribution is -0.159. The molecule has 2 saturated heterocycles. The third kappa shape index (κ3) is 2.78. The van der Waals surface area contributed by atoms with Crippen molar-refractivity contribution in [3.63, 3.8) is 0 Å². The molecule has 3 heterocycles. The van der Waals surface area contributed by atoms with Gasteiger partial charge in [-0.15, -0.1) is 0 Å². The third-order valence-corrected chi connectivity index (χ3v) is 4.08. The number of likely N-dealkylation sites (tertiary alicyclic amines) is 2. The van der Waals surface area contributed by atoms with Crippen molar-refractivity contribution in [2.45, 2.75) is 24.7 Å². The molecule has 2 fully saturated rings. The molecular weight excluding hydrogens is 299 g/mol. The van der Waals surface area contributed by atoms with E-state index in [2.05, 4.69) is 5.10 Å². The van der Waals surface area contributed by atoms with Crippen LogP contribution in [-0.4, -0.2) is 63.9 Å². The zero-order valence-corrected chi connectivity index (χ0v) is 11.6. The molecule has 0 bridgehead atoms. The SMILES string of the molecule is N#Cc1cnn(C2CN(C3CCN(CC(F)(F)F)C3=O)C2)c1. The molecule has 0 saturated carbocycles. The van der Waals surface area contributed by atoms with Crippen molar-refractivity contribution in [2.75, 3.05) is 26.2 Å². The summed E-state index contributed by atoms with van der Waals surface area (Å²) < 4.78 is 38.8. The Bertz CT molecular complexity index is 614. The first kappa shape index (κ1) is 14.8. The molecule has 0 aliphatic carbocycles. The van der Waals surface area contributed by atoms with E-state index in [1.54, 1.807) is 10.9 Å². The van der Waals surface area contributed by atoms with Crippen molar-refractivity contribution in [3.8, 4) is 6.07 Å². The highest BCUT2D eigenvalue weighted by Crippen LogP contribution is 2.29. The second-order valence-corrected chi connectivity index (χ2v) is 5.61. The maximum Gasteiger partial charge on any atom is 0.406 e. The summed E-state index contributed by atoms with van der Waals surface area (Å²) in [6.07, 6.45) is -0.835. The van der Waals surface area contributed by atoms with E-state index in [0.29, 0.717) is 25.1 Å². The fourth-order valence-electron chi connectivity index (χ4n) is 2.94. The molecule has 1 aromatic rings. The van der Waals surface area contributed by atoms with Gasteiger partial charge in [-0.05, 0) is 6.42 Å². The topological polar surface area (TPSA) is 65.2 Å². The summed E-state index contributed by atoms with van der Waals surface area (Å²) in [5, 5.41) is 12.8. The molecule has 9 heteroatoms. The van der Waals surface area contributed by atoms with Crippen molar-refractivity contribution >= 4 is 5.91 Å². The van der Waals surface area contributed by atoms with Gasteiger partial charge in [0, 0.05) is 25.8 Å². The van der Waals surface area contributed by atoms with Crippen LogP contribution in [0.3, 0.4) is 0 Å². The first-order valence-corrected chi connectivity index (χ1v) is 6.91. The lowest BCUT2D eigenvalue weighted by atomic mass is 10.0. The quantitative estimate of drug-likeness (QED) is 0.827. The second-order valence-electron chi connectivity index (χ2n) is 5.61. The summed E-state index contributed by atoms with van der Waals surface area (Å²) >= 11 is 0. The van der Waals surface area contributed by atoms with Crippen LogP contribution in [0.15, 0.2) is 12.4 Å². The van der Waals surface area contributed by atoms with Gasteiger partial charge in [0.15, 0.2) is 0 Å². The fraction of sp³-hybridized carbons (Fsp3) is 0.615. The van der Waals surface area contributed by atoms with Crippen molar-refractivity contribution in [1.29, 1.82) is 5.26 Å². The number of rotatable bonds is 3. The summed E-state index contributed by atoms with van der Waals surface area (Å²) in [5.74, 6) is -0.450. The number of aromatic nitrogens is 2. The number of alkyl halides is 3. The molecule has 1 amide bonds. The van der Waals surface area contributed by atoms with Crippen LogP contribution in [0.1, 0.15) is 18.0 Å². The van der Waals surface area contributed by atoms with Crippen LogP contribution in [0, 0.1) is 11.3 Å². The molecule has 2 aliphatic heterocycles. The summed E-state index contributed by atoms with van der Waals surface area (Å²) in [6, 6.07) is 1.58. The van der Waals surface area contributed by atoms with E-state index in [-0.39, 0.29) is 12.6 Å². The molecule has 22 heavy (non-hydrogen) atoms. The lowest BCUT2D eigenvalue weighted by Gasteiger charge is -2.42. The minimum Gasteiger partial charge on any atom is -0.332 e. The number of carbonyl (C=O) groups is 1. The third-order valence-electron chi connectivity index (χ3n) is 4.08. The van der Waals surface area contributed by atoms with Gasteiger partial charge in [-0.1, -0.05) is 0 Å². The molecule has 0 N–H and O–H groups in total. The Morgan fingerprint density at radius 2 is 2.14 bits per heavy atom. The molecule has 1 aromatic heterocycles. The van der Waals surface area contributed by atoms with Gasteiger partial charge in [0.1, 0.15) is 12.6 Å². The van der Waals surface area contributed by atoms with E-state index < -0.39 is 24.7 Å². The Labute approximate surface area is 124 Å². The molecule has 3 rings (SSSR count). The highest BCUT2D eigenvalue weighted by atomic mass is 19.4.